The first-order valence-electron chi connectivity index (χ1n) is 7.46. The van der Waals surface area contributed by atoms with Crippen LogP contribution in [0.4, 0.5) is 0 Å². The van der Waals surface area contributed by atoms with Gasteiger partial charge in [-0.15, -0.1) is 0 Å². The lowest BCUT2D eigenvalue weighted by atomic mass is 10.00. The zero-order chi connectivity index (χ0) is 15.1. The van der Waals surface area contributed by atoms with Crippen molar-refractivity contribution in [1.82, 2.24) is 19.3 Å². The lowest BCUT2D eigenvalue weighted by Crippen LogP contribution is -2.47. The lowest BCUT2D eigenvalue weighted by molar-refractivity contribution is 0.258. The SMILES string of the molecule is CCNCC1CCCN(S(=O)(=O)NCc2cccnc2)C1. The molecule has 0 amide bonds. The van der Waals surface area contributed by atoms with Crippen LogP contribution in [-0.2, 0) is 16.8 Å². The summed E-state index contributed by atoms with van der Waals surface area (Å²) in [4.78, 5) is 3.99. The number of hydrogen-bond donors (Lipinski definition) is 2. The van der Waals surface area contributed by atoms with Gasteiger partial charge in [-0.05, 0) is 43.5 Å². The molecule has 1 aromatic heterocycles. The smallest absolute Gasteiger partial charge is 0.279 e. The highest BCUT2D eigenvalue weighted by Gasteiger charge is 2.28. The first kappa shape index (κ1) is 16.4. The quantitative estimate of drug-likeness (QED) is 0.779. The molecule has 7 heteroatoms. The maximum Gasteiger partial charge on any atom is 0.279 e. The summed E-state index contributed by atoms with van der Waals surface area (Å²) in [5, 5.41) is 3.30. The summed E-state index contributed by atoms with van der Waals surface area (Å²) >= 11 is 0. The van der Waals surface area contributed by atoms with Crippen molar-refractivity contribution >= 4 is 10.2 Å². The summed E-state index contributed by atoms with van der Waals surface area (Å²) < 4.78 is 28.9. The summed E-state index contributed by atoms with van der Waals surface area (Å²) in [5.41, 5.74) is 0.863. The molecular formula is C14H24N4O2S. The van der Waals surface area contributed by atoms with E-state index in [1.165, 1.54) is 0 Å². The lowest BCUT2D eigenvalue weighted by Gasteiger charge is -2.32. The number of nitrogens with one attached hydrogen (secondary N) is 2. The van der Waals surface area contributed by atoms with E-state index in [0.717, 1.165) is 31.5 Å². The Bertz CT molecular complexity index is 521. The molecule has 2 heterocycles. The van der Waals surface area contributed by atoms with Gasteiger partial charge < -0.3 is 5.32 Å². The number of piperidine rings is 1. The fourth-order valence-electron chi connectivity index (χ4n) is 2.53. The second kappa shape index (κ2) is 7.84. The minimum absolute atomic E-state index is 0.282. The van der Waals surface area contributed by atoms with E-state index in [-0.39, 0.29) is 6.54 Å². The highest BCUT2D eigenvalue weighted by atomic mass is 32.2. The molecule has 0 aromatic carbocycles. The molecule has 1 unspecified atom stereocenters. The van der Waals surface area contributed by atoms with Crippen molar-refractivity contribution in [2.45, 2.75) is 26.3 Å². The number of aromatic nitrogens is 1. The van der Waals surface area contributed by atoms with Gasteiger partial charge in [-0.25, -0.2) is 0 Å². The van der Waals surface area contributed by atoms with E-state index in [9.17, 15) is 8.42 Å². The largest absolute Gasteiger partial charge is 0.317 e. The zero-order valence-corrected chi connectivity index (χ0v) is 13.3. The van der Waals surface area contributed by atoms with E-state index in [4.69, 9.17) is 0 Å². The Morgan fingerprint density at radius 1 is 1.48 bits per heavy atom. The van der Waals surface area contributed by atoms with E-state index < -0.39 is 10.2 Å². The molecular weight excluding hydrogens is 288 g/mol. The fraction of sp³-hybridized carbons (Fsp3) is 0.643. The molecule has 1 aromatic rings. The molecule has 2 N–H and O–H groups in total. The Hall–Kier alpha value is -1.02. The van der Waals surface area contributed by atoms with E-state index in [1.54, 1.807) is 22.8 Å². The first-order valence-corrected chi connectivity index (χ1v) is 8.90. The molecule has 0 saturated carbocycles. The van der Waals surface area contributed by atoms with Crippen molar-refractivity contribution in [2.75, 3.05) is 26.2 Å². The van der Waals surface area contributed by atoms with Gasteiger partial charge in [-0.3, -0.25) is 4.98 Å². The molecule has 21 heavy (non-hydrogen) atoms. The molecule has 0 aliphatic carbocycles. The van der Waals surface area contributed by atoms with Crippen molar-refractivity contribution in [3.05, 3.63) is 30.1 Å². The van der Waals surface area contributed by atoms with Crippen LogP contribution in [0.1, 0.15) is 25.3 Å². The summed E-state index contributed by atoms with van der Waals surface area (Å²) in [7, 11) is -3.41. The van der Waals surface area contributed by atoms with Crippen LogP contribution in [-0.4, -0.2) is 43.9 Å². The second-order valence-electron chi connectivity index (χ2n) is 5.36. The second-order valence-corrected chi connectivity index (χ2v) is 7.12. The van der Waals surface area contributed by atoms with Crippen LogP contribution in [0.5, 0.6) is 0 Å². The van der Waals surface area contributed by atoms with E-state index >= 15 is 0 Å². The normalized spacial score (nSPS) is 20.5. The van der Waals surface area contributed by atoms with Crippen LogP contribution in [0, 0.1) is 5.92 Å². The Labute approximate surface area is 127 Å². The Balaban J connectivity index is 1.89. The molecule has 1 aliphatic heterocycles. The molecule has 1 atom stereocenters. The van der Waals surface area contributed by atoms with Gasteiger partial charge in [0.2, 0.25) is 0 Å². The Kier molecular flexibility index (Phi) is 6.10. The summed E-state index contributed by atoms with van der Waals surface area (Å²) in [6.45, 7) is 5.34. The molecule has 2 rings (SSSR count). The van der Waals surface area contributed by atoms with Crippen LogP contribution in [0.25, 0.3) is 0 Å². The molecule has 1 saturated heterocycles. The van der Waals surface area contributed by atoms with Crippen LogP contribution in [0.3, 0.4) is 0 Å². The highest BCUT2D eigenvalue weighted by molar-refractivity contribution is 7.87. The van der Waals surface area contributed by atoms with Gasteiger partial charge in [0.1, 0.15) is 0 Å². The minimum Gasteiger partial charge on any atom is -0.317 e. The third-order valence-corrected chi connectivity index (χ3v) is 5.21. The molecule has 6 nitrogen and oxygen atoms in total. The van der Waals surface area contributed by atoms with Crippen molar-refractivity contribution in [2.24, 2.45) is 5.92 Å². The monoisotopic (exact) mass is 312 g/mol. The Morgan fingerprint density at radius 2 is 2.33 bits per heavy atom. The topological polar surface area (TPSA) is 74.3 Å². The van der Waals surface area contributed by atoms with E-state index in [0.29, 0.717) is 19.0 Å². The number of nitrogens with zero attached hydrogens (tertiary/aromatic N) is 2. The molecule has 0 bridgehead atoms. The summed E-state index contributed by atoms with van der Waals surface area (Å²) in [5.74, 6) is 0.397. The van der Waals surface area contributed by atoms with Crippen molar-refractivity contribution in [3.8, 4) is 0 Å². The van der Waals surface area contributed by atoms with Gasteiger partial charge in [0.25, 0.3) is 10.2 Å². The fourth-order valence-corrected chi connectivity index (χ4v) is 3.84. The summed E-state index contributed by atoms with van der Waals surface area (Å²) in [6.07, 6.45) is 5.35. The predicted octanol–water partition coefficient (Wildman–Crippen LogP) is 0.738. The van der Waals surface area contributed by atoms with Gasteiger partial charge in [0.05, 0.1) is 0 Å². The standard InChI is InChI=1S/C14H24N4O2S/c1-2-15-10-14-6-4-8-18(12-14)21(19,20)17-11-13-5-3-7-16-9-13/h3,5,7,9,14-15,17H,2,4,6,8,10-12H2,1H3. The maximum absolute atomic E-state index is 12.4. The first-order chi connectivity index (χ1) is 10.1. The van der Waals surface area contributed by atoms with E-state index in [2.05, 4.69) is 21.9 Å². The van der Waals surface area contributed by atoms with Crippen LogP contribution >= 0.6 is 0 Å². The van der Waals surface area contributed by atoms with Crippen molar-refractivity contribution in [1.29, 1.82) is 0 Å². The molecule has 1 fully saturated rings. The van der Waals surface area contributed by atoms with Gasteiger partial charge in [0, 0.05) is 32.0 Å². The van der Waals surface area contributed by atoms with Gasteiger partial charge >= 0.3 is 0 Å². The van der Waals surface area contributed by atoms with Crippen LogP contribution in [0.15, 0.2) is 24.5 Å². The summed E-state index contributed by atoms with van der Waals surface area (Å²) in [6, 6.07) is 3.66. The number of pyridine rings is 1. The molecule has 0 radical (unpaired) electrons. The molecule has 1 aliphatic rings. The molecule has 0 spiro atoms. The van der Waals surface area contributed by atoms with E-state index in [1.807, 2.05) is 6.07 Å². The number of hydrogen-bond acceptors (Lipinski definition) is 4. The minimum atomic E-state index is -3.41. The van der Waals surface area contributed by atoms with Crippen LogP contribution in [0.2, 0.25) is 0 Å². The average Bonchev–Trinajstić information content (AvgIpc) is 2.52. The zero-order valence-electron chi connectivity index (χ0n) is 12.5. The maximum atomic E-state index is 12.4. The molecule has 118 valence electrons. The highest BCUT2D eigenvalue weighted by Crippen LogP contribution is 2.18. The number of rotatable bonds is 7. The van der Waals surface area contributed by atoms with Crippen molar-refractivity contribution in [3.63, 3.8) is 0 Å². The van der Waals surface area contributed by atoms with Crippen LogP contribution < -0.4 is 10.0 Å². The Morgan fingerprint density at radius 3 is 3.05 bits per heavy atom. The average molecular weight is 312 g/mol. The predicted molar refractivity (Wildman–Crippen MR) is 82.8 cm³/mol. The third kappa shape index (κ3) is 5.03. The van der Waals surface area contributed by atoms with Gasteiger partial charge in [-0.2, -0.15) is 17.4 Å². The van der Waals surface area contributed by atoms with Gasteiger partial charge in [-0.1, -0.05) is 13.0 Å². The third-order valence-electron chi connectivity index (χ3n) is 3.69. The van der Waals surface area contributed by atoms with Crippen molar-refractivity contribution < 1.29 is 8.42 Å². The van der Waals surface area contributed by atoms with Gasteiger partial charge in [0.15, 0.2) is 0 Å².